The van der Waals surface area contributed by atoms with E-state index in [0.717, 1.165) is 0 Å². The molecule has 2 N–H and O–H groups in total. The lowest BCUT2D eigenvalue weighted by atomic mass is 9.95. The van der Waals surface area contributed by atoms with E-state index >= 15 is 0 Å². The average molecular weight is 373 g/mol. The fourth-order valence-electron chi connectivity index (χ4n) is 3.27. The van der Waals surface area contributed by atoms with Gasteiger partial charge in [0.15, 0.2) is 0 Å². The fourth-order valence-corrected chi connectivity index (χ4v) is 3.27. The molecule has 1 aromatic carbocycles. The molecular formula is C20H24FN3O3. The number of nitrogens with zero attached hydrogens (tertiary/aromatic N) is 1. The number of furan rings is 1. The average Bonchev–Trinajstić information content (AvgIpc) is 3.20. The summed E-state index contributed by atoms with van der Waals surface area (Å²) in [6, 6.07) is 9.45. The first-order valence-electron chi connectivity index (χ1n) is 9.14. The molecule has 1 saturated heterocycles. The number of benzene rings is 1. The van der Waals surface area contributed by atoms with Crippen molar-refractivity contribution in [3.8, 4) is 0 Å². The zero-order chi connectivity index (χ0) is 19.2. The SMILES string of the molecule is C[C@H](NC(=O)C1CCN(C(=O)NCc2ccco2)CC1)c1ccccc1F. The number of carbonyl (C=O) groups excluding carboxylic acids is 2. The van der Waals surface area contributed by atoms with Gasteiger partial charge in [0.05, 0.1) is 18.8 Å². The van der Waals surface area contributed by atoms with Crippen molar-refractivity contribution in [2.24, 2.45) is 5.92 Å². The molecule has 0 spiro atoms. The Bertz CT molecular complexity index is 771. The Morgan fingerprint density at radius 3 is 2.63 bits per heavy atom. The molecule has 2 heterocycles. The van der Waals surface area contributed by atoms with Crippen LogP contribution in [-0.2, 0) is 11.3 Å². The van der Waals surface area contributed by atoms with E-state index in [1.54, 1.807) is 48.4 Å². The van der Waals surface area contributed by atoms with Crippen LogP contribution in [0.5, 0.6) is 0 Å². The van der Waals surface area contributed by atoms with Crippen LogP contribution in [0, 0.1) is 11.7 Å². The summed E-state index contributed by atoms with van der Waals surface area (Å²) in [5.74, 6) is 0.0998. The number of hydrogen-bond acceptors (Lipinski definition) is 3. The van der Waals surface area contributed by atoms with Gasteiger partial charge in [-0.1, -0.05) is 18.2 Å². The van der Waals surface area contributed by atoms with E-state index in [1.807, 2.05) is 0 Å². The Labute approximate surface area is 157 Å². The van der Waals surface area contributed by atoms with Crippen molar-refractivity contribution in [2.45, 2.75) is 32.4 Å². The van der Waals surface area contributed by atoms with Gasteiger partial charge in [0, 0.05) is 24.6 Å². The molecule has 6 nitrogen and oxygen atoms in total. The van der Waals surface area contributed by atoms with E-state index in [-0.39, 0.29) is 23.7 Å². The predicted molar refractivity (Wildman–Crippen MR) is 98.2 cm³/mol. The van der Waals surface area contributed by atoms with E-state index in [4.69, 9.17) is 4.42 Å². The minimum Gasteiger partial charge on any atom is -0.467 e. The first-order valence-corrected chi connectivity index (χ1v) is 9.14. The summed E-state index contributed by atoms with van der Waals surface area (Å²) in [5.41, 5.74) is 0.473. The molecule has 1 aliphatic rings. The van der Waals surface area contributed by atoms with Gasteiger partial charge in [-0.3, -0.25) is 4.79 Å². The minimum absolute atomic E-state index is 0.0959. The molecule has 144 valence electrons. The molecule has 27 heavy (non-hydrogen) atoms. The van der Waals surface area contributed by atoms with Crippen molar-refractivity contribution >= 4 is 11.9 Å². The van der Waals surface area contributed by atoms with Crippen LogP contribution in [0.2, 0.25) is 0 Å². The molecule has 0 radical (unpaired) electrons. The molecule has 1 aromatic heterocycles. The Morgan fingerprint density at radius 2 is 1.96 bits per heavy atom. The topological polar surface area (TPSA) is 74.6 Å². The van der Waals surface area contributed by atoms with Crippen LogP contribution in [0.3, 0.4) is 0 Å². The number of amides is 3. The number of piperidine rings is 1. The molecule has 0 aliphatic carbocycles. The van der Waals surface area contributed by atoms with Crippen molar-refractivity contribution in [2.75, 3.05) is 13.1 Å². The van der Waals surface area contributed by atoms with Crippen LogP contribution >= 0.6 is 0 Å². The molecule has 1 aliphatic heterocycles. The van der Waals surface area contributed by atoms with E-state index in [1.165, 1.54) is 6.07 Å². The quantitative estimate of drug-likeness (QED) is 0.845. The van der Waals surface area contributed by atoms with Crippen LogP contribution in [-0.4, -0.2) is 29.9 Å². The molecule has 0 unspecified atom stereocenters. The maximum atomic E-state index is 13.8. The molecule has 2 aromatic rings. The zero-order valence-electron chi connectivity index (χ0n) is 15.3. The lowest BCUT2D eigenvalue weighted by Crippen LogP contribution is -2.46. The highest BCUT2D eigenvalue weighted by atomic mass is 19.1. The van der Waals surface area contributed by atoms with Crippen molar-refractivity contribution in [1.82, 2.24) is 15.5 Å². The third kappa shape index (κ3) is 4.87. The van der Waals surface area contributed by atoms with Crippen molar-refractivity contribution in [3.05, 3.63) is 59.8 Å². The number of hydrogen-bond donors (Lipinski definition) is 2. The smallest absolute Gasteiger partial charge is 0.317 e. The summed E-state index contributed by atoms with van der Waals surface area (Å²) >= 11 is 0. The Balaban J connectivity index is 1.45. The maximum absolute atomic E-state index is 13.8. The van der Waals surface area contributed by atoms with Crippen LogP contribution in [0.15, 0.2) is 47.1 Å². The summed E-state index contributed by atoms with van der Waals surface area (Å²) in [6.07, 6.45) is 2.74. The summed E-state index contributed by atoms with van der Waals surface area (Å²) in [6.45, 7) is 3.13. The number of urea groups is 1. The molecule has 3 amide bonds. The van der Waals surface area contributed by atoms with Crippen LogP contribution in [0.25, 0.3) is 0 Å². The second-order valence-electron chi connectivity index (χ2n) is 6.75. The van der Waals surface area contributed by atoms with Gasteiger partial charge in [0.1, 0.15) is 11.6 Å². The number of rotatable bonds is 5. The van der Waals surface area contributed by atoms with Crippen molar-refractivity contribution < 1.29 is 18.4 Å². The molecule has 0 saturated carbocycles. The third-order valence-corrected chi connectivity index (χ3v) is 4.88. The monoisotopic (exact) mass is 373 g/mol. The summed E-state index contributed by atoms with van der Waals surface area (Å²) in [7, 11) is 0. The van der Waals surface area contributed by atoms with Gasteiger partial charge in [-0.05, 0) is 38.0 Å². The van der Waals surface area contributed by atoms with Gasteiger partial charge in [-0.2, -0.15) is 0 Å². The van der Waals surface area contributed by atoms with Gasteiger partial charge in [0.25, 0.3) is 0 Å². The highest BCUT2D eigenvalue weighted by Crippen LogP contribution is 2.21. The van der Waals surface area contributed by atoms with Crippen LogP contribution in [0.1, 0.15) is 37.1 Å². The van der Waals surface area contributed by atoms with Crippen LogP contribution in [0.4, 0.5) is 9.18 Å². The van der Waals surface area contributed by atoms with Gasteiger partial charge in [0.2, 0.25) is 5.91 Å². The second kappa shape index (κ2) is 8.70. The van der Waals surface area contributed by atoms with Crippen molar-refractivity contribution in [3.63, 3.8) is 0 Å². The Morgan fingerprint density at radius 1 is 1.22 bits per heavy atom. The first kappa shape index (κ1) is 18.9. The van der Waals surface area contributed by atoms with Gasteiger partial charge >= 0.3 is 6.03 Å². The lowest BCUT2D eigenvalue weighted by Gasteiger charge is -2.32. The standard InChI is InChI=1S/C20H24FN3O3/c1-14(17-6-2-3-7-18(17)21)23-19(25)15-8-10-24(11-9-15)20(26)22-13-16-5-4-12-27-16/h2-7,12,14-15H,8-11,13H2,1H3,(H,22,26)(H,23,25)/t14-/m0/s1. The summed E-state index contributed by atoms with van der Waals surface area (Å²) in [4.78, 5) is 26.4. The number of nitrogens with one attached hydrogen (secondary N) is 2. The molecule has 7 heteroatoms. The van der Waals surface area contributed by atoms with E-state index in [9.17, 15) is 14.0 Å². The highest BCUT2D eigenvalue weighted by Gasteiger charge is 2.28. The molecule has 1 fully saturated rings. The molecule has 0 bridgehead atoms. The number of likely N-dealkylation sites (tertiary alicyclic amines) is 1. The number of halogens is 1. The van der Waals surface area contributed by atoms with Gasteiger partial charge in [-0.25, -0.2) is 9.18 Å². The predicted octanol–water partition coefficient (Wildman–Crippen LogP) is 3.22. The molecule has 1 atom stereocenters. The largest absolute Gasteiger partial charge is 0.467 e. The first-order chi connectivity index (χ1) is 13.0. The summed E-state index contributed by atoms with van der Waals surface area (Å²) < 4.78 is 19.0. The van der Waals surface area contributed by atoms with E-state index in [0.29, 0.717) is 43.8 Å². The van der Waals surface area contributed by atoms with E-state index in [2.05, 4.69) is 10.6 Å². The van der Waals surface area contributed by atoms with Gasteiger partial charge < -0.3 is 20.0 Å². The molecule has 3 rings (SSSR count). The zero-order valence-corrected chi connectivity index (χ0v) is 15.3. The highest BCUT2D eigenvalue weighted by molar-refractivity contribution is 5.80. The van der Waals surface area contributed by atoms with E-state index < -0.39 is 6.04 Å². The second-order valence-corrected chi connectivity index (χ2v) is 6.75. The third-order valence-electron chi connectivity index (χ3n) is 4.88. The fraction of sp³-hybridized carbons (Fsp3) is 0.400. The Kier molecular flexibility index (Phi) is 6.11. The lowest BCUT2D eigenvalue weighted by molar-refractivity contribution is -0.126. The van der Waals surface area contributed by atoms with Crippen molar-refractivity contribution in [1.29, 1.82) is 0 Å². The van der Waals surface area contributed by atoms with Gasteiger partial charge in [-0.15, -0.1) is 0 Å². The number of carbonyl (C=O) groups is 2. The Hall–Kier alpha value is -2.83. The minimum atomic E-state index is -0.395. The maximum Gasteiger partial charge on any atom is 0.317 e. The summed E-state index contributed by atoms with van der Waals surface area (Å²) in [5, 5.41) is 5.69. The van der Waals surface area contributed by atoms with Crippen LogP contribution < -0.4 is 10.6 Å². The molecular weight excluding hydrogens is 349 g/mol. The normalized spacial score (nSPS) is 16.0.